The van der Waals surface area contributed by atoms with Crippen LogP contribution in [0.3, 0.4) is 0 Å². The van der Waals surface area contributed by atoms with Crippen LogP contribution >= 0.6 is 11.3 Å². The Labute approximate surface area is 220 Å². The Balaban J connectivity index is 1.34. The lowest BCUT2D eigenvalue weighted by Crippen LogP contribution is -2.21. The van der Waals surface area contributed by atoms with E-state index in [1.165, 1.54) is 12.1 Å². The molecule has 2 aromatic carbocycles. The molecule has 0 unspecified atom stereocenters. The Morgan fingerprint density at radius 3 is 2.74 bits per heavy atom. The summed E-state index contributed by atoms with van der Waals surface area (Å²) < 4.78 is 16.2. The van der Waals surface area contributed by atoms with Crippen LogP contribution in [-0.2, 0) is 22.4 Å². The first-order chi connectivity index (χ1) is 18.3. The number of nitrogens with zero attached hydrogens (tertiary/aromatic N) is 1. The predicted octanol–water partition coefficient (Wildman–Crippen LogP) is 5.11. The fraction of sp³-hybridized carbons (Fsp3) is 0.222. The van der Waals surface area contributed by atoms with Gasteiger partial charge in [0.05, 0.1) is 17.2 Å². The third-order valence-corrected chi connectivity index (χ3v) is 7.29. The molecule has 1 N–H and O–H groups in total. The number of hydrogen-bond donors (Lipinski definition) is 1. The number of esters is 1. The van der Waals surface area contributed by atoms with Gasteiger partial charge >= 0.3 is 11.6 Å². The largest absolute Gasteiger partial charge is 0.484 e. The Kier molecular flexibility index (Phi) is 6.93. The third-order valence-electron chi connectivity index (χ3n) is 6.12. The second kappa shape index (κ2) is 10.5. The molecule has 1 amide bonds. The first-order valence-electron chi connectivity index (χ1n) is 11.9. The quantitative estimate of drug-likeness (QED) is 0.142. The van der Waals surface area contributed by atoms with Crippen molar-refractivity contribution < 1.29 is 28.4 Å². The van der Waals surface area contributed by atoms with E-state index in [0.29, 0.717) is 28.2 Å². The highest BCUT2D eigenvalue weighted by Gasteiger charge is 2.22. The van der Waals surface area contributed by atoms with Crippen LogP contribution in [0.4, 0.5) is 11.4 Å². The molecule has 10 nitrogen and oxygen atoms in total. The summed E-state index contributed by atoms with van der Waals surface area (Å²) >= 11 is 1.06. The molecule has 2 aromatic heterocycles. The molecule has 1 aliphatic carbocycles. The van der Waals surface area contributed by atoms with Crippen molar-refractivity contribution in [1.82, 2.24) is 0 Å². The molecular formula is C27H22N2O8S. The van der Waals surface area contributed by atoms with Crippen LogP contribution in [-0.4, -0.2) is 30.0 Å². The number of carbonyl (C=O) groups is 2. The Hall–Kier alpha value is -4.51. The molecule has 11 heteroatoms. The van der Waals surface area contributed by atoms with Gasteiger partial charge in [-0.05, 0) is 55.5 Å². The van der Waals surface area contributed by atoms with E-state index in [2.05, 4.69) is 5.32 Å². The number of nitro groups is 1. The van der Waals surface area contributed by atoms with Crippen LogP contribution < -0.4 is 15.7 Å². The zero-order valence-electron chi connectivity index (χ0n) is 20.3. The first-order valence-corrected chi connectivity index (χ1v) is 12.7. The van der Waals surface area contributed by atoms with Crippen LogP contribution in [0.15, 0.2) is 57.7 Å². The average molecular weight is 535 g/mol. The number of amides is 1. The molecule has 0 bridgehead atoms. The summed E-state index contributed by atoms with van der Waals surface area (Å²) in [7, 11) is 0. The number of non-ortho nitro benzene ring substituents is 1. The molecule has 38 heavy (non-hydrogen) atoms. The number of nitro benzene ring substituents is 1. The summed E-state index contributed by atoms with van der Waals surface area (Å²) in [5.41, 5.74) is 2.43. The smallest absolute Gasteiger partial charge is 0.350 e. The van der Waals surface area contributed by atoms with E-state index in [9.17, 15) is 24.5 Å². The van der Waals surface area contributed by atoms with Gasteiger partial charge in [0.1, 0.15) is 16.2 Å². The van der Waals surface area contributed by atoms with Gasteiger partial charge in [0.25, 0.3) is 11.6 Å². The minimum absolute atomic E-state index is 0.0938. The number of nitrogens with one attached hydrogen (secondary N) is 1. The molecular weight excluding hydrogens is 512 g/mol. The van der Waals surface area contributed by atoms with Crippen LogP contribution in [0.5, 0.6) is 5.75 Å². The third kappa shape index (κ3) is 5.00. The SMILES string of the molecule is CCOC(=O)c1sc(-c2cccc([N+](=O)[O-])c2)cc1NC(=O)COc1ccc2c3c(c(=O)oc2c1)CCC3. The van der Waals surface area contributed by atoms with Gasteiger partial charge in [-0.25, -0.2) is 9.59 Å². The van der Waals surface area contributed by atoms with E-state index in [1.807, 2.05) is 6.07 Å². The number of carbonyl (C=O) groups excluding carboxylic acids is 2. The number of anilines is 1. The van der Waals surface area contributed by atoms with Crippen molar-refractivity contribution in [3.8, 4) is 16.2 Å². The van der Waals surface area contributed by atoms with Crippen molar-refractivity contribution in [3.63, 3.8) is 0 Å². The van der Waals surface area contributed by atoms with Crippen LogP contribution in [0.2, 0.25) is 0 Å². The molecule has 5 rings (SSSR count). The van der Waals surface area contributed by atoms with Gasteiger partial charge in [-0.1, -0.05) is 12.1 Å². The van der Waals surface area contributed by atoms with Crippen LogP contribution in [0.1, 0.15) is 34.1 Å². The number of hydrogen-bond acceptors (Lipinski definition) is 9. The summed E-state index contributed by atoms with van der Waals surface area (Å²) in [5, 5.41) is 14.7. The van der Waals surface area contributed by atoms with Crippen molar-refractivity contribution in [2.45, 2.75) is 26.2 Å². The maximum atomic E-state index is 12.7. The molecule has 0 saturated heterocycles. The summed E-state index contributed by atoms with van der Waals surface area (Å²) in [6.07, 6.45) is 2.45. The Morgan fingerprint density at radius 1 is 1.13 bits per heavy atom. The highest BCUT2D eigenvalue weighted by Crippen LogP contribution is 2.37. The van der Waals surface area contributed by atoms with Crippen molar-refractivity contribution in [2.75, 3.05) is 18.5 Å². The fourth-order valence-electron chi connectivity index (χ4n) is 4.44. The number of thiophene rings is 1. The van der Waals surface area contributed by atoms with Gasteiger partial charge in [-0.2, -0.15) is 0 Å². The minimum Gasteiger partial charge on any atom is -0.484 e. The maximum absolute atomic E-state index is 12.7. The van der Waals surface area contributed by atoms with E-state index in [4.69, 9.17) is 13.9 Å². The normalized spacial score (nSPS) is 12.2. The second-order valence-corrected chi connectivity index (χ2v) is 9.63. The van der Waals surface area contributed by atoms with Gasteiger partial charge in [0, 0.05) is 34.0 Å². The van der Waals surface area contributed by atoms with Crippen molar-refractivity contribution in [3.05, 3.63) is 85.1 Å². The first kappa shape index (κ1) is 25.2. The molecule has 4 aromatic rings. The van der Waals surface area contributed by atoms with Crippen molar-refractivity contribution in [2.24, 2.45) is 0 Å². The monoisotopic (exact) mass is 534 g/mol. The molecule has 0 atom stereocenters. The number of benzene rings is 2. The van der Waals surface area contributed by atoms with E-state index >= 15 is 0 Å². The minimum atomic E-state index is -0.623. The summed E-state index contributed by atoms with van der Waals surface area (Å²) in [4.78, 5) is 48.9. The number of ether oxygens (including phenoxy) is 2. The van der Waals surface area contributed by atoms with Gasteiger partial charge in [-0.3, -0.25) is 14.9 Å². The number of aryl methyl sites for hydroxylation is 1. The number of rotatable bonds is 8. The van der Waals surface area contributed by atoms with E-state index in [1.54, 1.807) is 37.3 Å². The van der Waals surface area contributed by atoms with Crippen LogP contribution in [0, 0.1) is 10.1 Å². The zero-order chi connectivity index (χ0) is 26.8. The molecule has 1 aliphatic rings. The second-order valence-electron chi connectivity index (χ2n) is 8.58. The molecule has 0 radical (unpaired) electrons. The summed E-state index contributed by atoms with van der Waals surface area (Å²) in [5.74, 6) is -0.807. The molecule has 0 spiro atoms. The average Bonchev–Trinajstić information content (AvgIpc) is 3.56. The molecule has 0 saturated carbocycles. The van der Waals surface area contributed by atoms with Crippen LogP contribution in [0.25, 0.3) is 21.4 Å². The standard InChI is InChI=1S/C27H22N2O8S/c1-2-35-27(32)25-21(13-23(38-25)15-5-3-6-16(11-15)29(33)34)28-24(30)14-36-17-9-10-19-18-7-4-8-20(18)26(31)37-22(19)12-17/h3,5-6,9-13H,2,4,7-8,14H2,1H3,(H,28,30). The van der Waals surface area contributed by atoms with Gasteiger partial charge in [-0.15, -0.1) is 11.3 Å². The number of fused-ring (bicyclic) bond motifs is 3. The van der Waals surface area contributed by atoms with E-state index in [-0.39, 0.29) is 35.1 Å². The van der Waals surface area contributed by atoms with Crippen molar-refractivity contribution in [1.29, 1.82) is 0 Å². The van der Waals surface area contributed by atoms with Gasteiger partial charge in [0.2, 0.25) is 0 Å². The van der Waals surface area contributed by atoms with Gasteiger partial charge < -0.3 is 19.2 Å². The molecule has 194 valence electrons. The van der Waals surface area contributed by atoms with Crippen molar-refractivity contribution >= 4 is 45.6 Å². The Bertz CT molecular complexity index is 1640. The summed E-state index contributed by atoms with van der Waals surface area (Å²) in [6.45, 7) is 1.44. The highest BCUT2D eigenvalue weighted by atomic mass is 32.1. The lowest BCUT2D eigenvalue weighted by Gasteiger charge is -2.09. The highest BCUT2D eigenvalue weighted by molar-refractivity contribution is 7.18. The lowest BCUT2D eigenvalue weighted by atomic mass is 10.1. The lowest BCUT2D eigenvalue weighted by molar-refractivity contribution is -0.384. The molecule has 0 fully saturated rings. The fourth-order valence-corrected chi connectivity index (χ4v) is 5.44. The molecule has 2 heterocycles. The molecule has 0 aliphatic heterocycles. The van der Waals surface area contributed by atoms with E-state index in [0.717, 1.165) is 40.7 Å². The zero-order valence-corrected chi connectivity index (χ0v) is 21.1. The van der Waals surface area contributed by atoms with Gasteiger partial charge in [0.15, 0.2) is 6.61 Å². The summed E-state index contributed by atoms with van der Waals surface area (Å²) in [6, 6.07) is 12.7. The predicted molar refractivity (Wildman–Crippen MR) is 141 cm³/mol. The Morgan fingerprint density at radius 2 is 1.95 bits per heavy atom. The topological polar surface area (TPSA) is 138 Å². The van der Waals surface area contributed by atoms with E-state index < -0.39 is 16.8 Å². The maximum Gasteiger partial charge on any atom is 0.350 e.